The average molecular weight is 322 g/mol. The van der Waals surface area contributed by atoms with Gasteiger partial charge in [0.25, 0.3) is 0 Å². The molecule has 0 heterocycles. The van der Waals surface area contributed by atoms with Gasteiger partial charge in [-0.25, -0.2) is 0 Å². The Bertz CT molecular complexity index is 462. The Hall–Kier alpha value is -0.410. The van der Waals surface area contributed by atoms with Crippen LogP contribution in [-0.4, -0.2) is 29.2 Å². The van der Waals surface area contributed by atoms with E-state index in [1.54, 1.807) is 0 Å². The first-order valence-corrected chi connectivity index (χ1v) is 9.62. The van der Waals surface area contributed by atoms with Gasteiger partial charge >= 0.3 is 0 Å². The van der Waals surface area contributed by atoms with Crippen LogP contribution in [0.3, 0.4) is 0 Å². The van der Waals surface area contributed by atoms with E-state index in [2.05, 4.69) is 13.8 Å². The molecule has 4 aliphatic carbocycles. The molecular weight excluding hydrogens is 288 g/mol. The molecule has 0 aromatic rings. The Balaban J connectivity index is 0.000000753. The Labute approximate surface area is 140 Å². The molecule has 132 valence electrons. The third kappa shape index (κ3) is 2.41. The summed E-state index contributed by atoms with van der Waals surface area (Å²) in [5.74, 6) is 2.80. The van der Waals surface area contributed by atoms with Crippen LogP contribution >= 0.6 is 0 Å². The van der Waals surface area contributed by atoms with Crippen molar-refractivity contribution in [1.29, 1.82) is 0 Å². The molecule has 7 unspecified atom stereocenters. The maximum absolute atomic E-state index is 12.8. The van der Waals surface area contributed by atoms with Crippen LogP contribution in [0.15, 0.2) is 0 Å². The Morgan fingerprint density at radius 3 is 2.35 bits per heavy atom. The van der Waals surface area contributed by atoms with E-state index < -0.39 is 0 Å². The van der Waals surface area contributed by atoms with Crippen LogP contribution in [0.4, 0.5) is 0 Å². The standard InChI is InChI=1S/C19H30O2.CH4O/c1-18-9-4-3-5-15(18)16(20)11-12-13-6-7-17(21)19(13,2)10-8-14(12)18;1-2/h12-15,17,21H,3-11H2,1-2H3;2H,1H3. The minimum absolute atomic E-state index is 0.0965. The minimum Gasteiger partial charge on any atom is -0.400 e. The summed E-state index contributed by atoms with van der Waals surface area (Å²) in [6.07, 6.45) is 10.2. The van der Waals surface area contributed by atoms with Gasteiger partial charge in [0.05, 0.1) is 6.10 Å². The number of aliphatic hydroxyl groups excluding tert-OH is 2. The van der Waals surface area contributed by atoms with Crippen LogP contribution in [0.2, 0.25) is 0 Å². The SMILES string of the molecule is CC12CCC3C(CC(=O)C4CCCCC43C)C1CCC2O.CO. The van der Waals surface area contributed by atoms with E-state index in [-0.39, 0.29) is 16.9 Å². The summed E-state index contributed by atoms with van der Waals surface area (Å²) in [5, 5.41) is 17.5. The molecular formula is C20H34O3. The molecule has 0 saturated heterocycles. The second kappa shape index (κ2) is 6.15. The van der Waals surface area contributed by atoms with Crippen LogP contribution in [0.25, 0.3) is 0 Å². The zero-order valence-corrected chi connectivity index (χ0v) is 15.1. The minimum atomic E-state index is -0.129. The zero-order valence-electron chi connectivity index (χ0n) is 15.1. The van der Waals surface area contributed by atoms with Gasteiger partial charge in [-0.05, 0) is 67.1 Å². The molecule has 4 aliphatic rings. The van der Waals surface area contributed by atoms with Gasteiger partial charge in [0.2, 0.25) is 0 Å². The number of hydrogen-bond donors (Lipinski definition) is 2. The van der Waals surface area contributed by atoms with Crippen molar-refractivity contribution in [2.24, 2.45) is 34.5 Å². The summed E-state index contributed by atoms with van der Waals surface area (Å²) in [7, 11) is 1.00. The maximum Gasteiger partial charge on any atom is 0.136 e. The van der Waals surface area contributed by atoms with Gasteiger partial charge in [-0.1, -0.05) is 26.7 Å². The highest BCUT2D eigenvalue weighted by Crippen LogP contribution is 2.65. The topological polar surface area (TPSA) is 57.5 Å². The molecule has 0 radical (unpaired) electrons. The van der Waals surface area contributed by atoms with Crippen molar-refractivity contribution in [1.82, 2.24) is 0 Å². The molecule has 0 aromatic carbocycles. The highest BCUT2D eigenvalue weighted by atomic mass is 16.3. The molecule has 4 rings (SSSR count). The van der Waals surface area contributed by atoms with Crippen molar-refractivity contribution < 1.29 is 15.0 Å². The molecule has 0 aromatic heterocycles. The van der Waals surface area contributed by atoms with Gasteiger partial charge in [-0.3, -0.25) is 4.79 Å². The first-order chi connectivity index (χ1) is 11.0. The fourth-order valence-corrected chi connectivity index (χ4v) is 7.07. The lowest BCUT2D eigenvalue weighted by Gasteiger charge is -2.59. The van der Waals surface area contributed by atoms with Gasteiger partial charge in [0.15, 0.2) is 0 Å². The summed E-state index contributed by atoms with van der Waals surface area (Å²) in [4.78, 5) is 12.8. The van der Waals surface area contributed by atoms with Gasteiger partial charge in [0, 0.05) is 19.4 Å². The summed E-state index contributed by atoms with van der Waals surface area (Å²) in [6.45, 7) is 4.73. The lowest BCUT2D eigenvalue weighted by atomic mass is 9.45. The number of carbonyl (C=O) groups is 1. The largest absolute Gasteiger partial charge is 0.400 e. The molecule has 4 saturated carbocycles. The van der Waals surface area contributed by atoms with Crippen LogP contribution in [0.1, 0.15) is 71.6 Å². The highest BCUT2D eigenvalue weighted by Gasteiger charge is 2.61. The number of carbonyl (C=O) groups excluding carboxylic acids is 1. The predicted octanol–water partition coefficient (Wildman–Crippen LogP) is 3.57. The number of rotatable bonds is 0. The van der Waals surface area contributed by atoms with E-state index >= 15 is 0 Å². The Kier molecular flexibility index (Phi) is 4.65. The molecule has 0 aliphatic heterocycles. The van der Waals surface area contributed by atoms with Crippen molar-refractivity contribution >= 4 is 5.78 Å². The lowest BCUT2D eigenvalue weighted by Crippen LogP contribution is -2.56. The third-order valence-electron chi connectivity index (χ3n) is 8.31. The third-order valence-corrected chi connectivity index (χ3v) is 8.31. The van der Waals surface area contributed by atoms with E-state index in [1.165, 1.54) is 32.1 Å². The Morgan fingerprint density at radius 1 is 0.913 bits per heavy atom. The van der Waals surface area contributed by atoms with Crippen LogP contribution < -0.4 is 0 Å². The smallest absolute Gasteiger partial charge is 0.136 e. The number of aliphatic hydroxyl groups is 2. The first kappa shape index (κ1) is 17.4. The predicted molar refractivity (Wildman–Crippen MR) is 90.9 cm³/mol. The number of ketones is 1. The molecule has 23 heavy (non-hydrogen) atoms. The summed E-state index contributed by atoms with van der Waals surface area (Å²) >= 11 is 0. The van der Waals surface area contributed by atoms with Crippen molar-refractivity contribution in [2.45, 2.75) is 77.7 Å². The van der Waals surface area contributed by atoms with Crippen molar-refractivity contribution in [3.8, 4) is 0 Å². The van der Waals surface area contributed by atoms with Crippen LogP contribution in [0.5, 0.6) is 0 Å². The van der Waals surface area contributed by atoms with E-state index in [0.717, 1.165) is 38.7 Å². The number of hydrogen-bond acceptors (Lipinski definition) is 3. The number of fused-ring (bicyclic) bond motifs is 5. The fourth-order valence-electron chi connectivity index (χ4n) is 7.07. The summed E-state index contributed by atoms with van der Waals surface area (Å²) in [5.41, 5.74) is 0.367. The molecule has 0 amide bonds. The van der Waals surface area contributed by atoms with E-state index in [4.69, 9.17) is 5.11 Å². The fraction of sp³-hybridized carbons (Fsp3) is 0.950. The Morgan fingerprint density at radius 2 is 1.61 bits per heavy atom. The lowest BCUT2D eigenvalue weighted by molar-refractivity contribution is -0.155. The first-order valence-electron chi connectivity index (χ1n) is 9.62. The molecule has 3 nitrogen and oxygen atoms in total. The molecule has 0 bridgehead atoms. The highest BCUT2D eigenvalue weighted by molar-refractivity contribution is 5.83. The molecule has 7 atom stereocenters. The van der Waals surface area contributed by atoms with Crippen LogP contribution in [0, 0.1) is 34.5 Å². The zero-order chi connectivity index (χ0) is 16.8. The second-order valence-electron chi connectivity index (χ2n) is 8.99. The molecule has 2 N–H and O–H groups in total. The van der Waals surface area contributed by atoms with Crippen molar-refractivity contribution in [2.75, 3.05) is 7.11 Å². The summed E-state index contributed by atoms with van der Waals surface area (Å²) in [6, 6.07) is 0. The van der Waals surface area contributed by atoms with Gasteiger partial charge in [-0.2, -0.15) is 0 Å². The van der Waals surface area contributed by atoms with Gasteiger partial charge < -0.3 is 10.2 Å². The monoisotopic (exact) mass is 322 g/mol. The van der Waals surface area contributed by atoms with Crippen molar-refractivity contribution in [3.63, 3.8) is 0 Å². The van der Waals surface area contributed by atoms with Crippen molar-refractivity contribution in [3.05, 3.63) is 0 Å². The quantitative estimate of drug-likeness (QED) is 0.717. The van der Waals surface area contributed by atoms with E-state index in [9.17, 15) is 9.90 Å². The maximum atomic E-state index is 12.8. The van der Waals surface area contributed by atoms with E-state index in [0.29, 0.717) is 23.5 Å². The summed E-state index contributed by atoms with van der Waals surface area (Å²) < 4.78 is 0. The second-order valence-corrected chi connectivity index (χ2v) is 8.99. The molecule has 4 fully saturated rings. The van der Waals surface area contributed by atoms with Crippen LogP contribution in [-0.2, 0) is 4.79 Å². The molecule has 0 spiro atoms. The average Bonchev–Trinajstić information content (AvgIpc) is 2.85. The normalized spacial score (nSPS) is 51.9. The number of Topliss-reactive ketones (excluding diaryl/α,β-unsaturated/α-hetero) is 1. The molecule has 3 heteroatoms. The van der Waals surface area contributed by atoms with Gasteiger partial charge in [0.1, 0.15) is 5.78 Å². The van der Waals surface area contributed by atoms with E-state index in [1.807, 2.05) is 0 Å². The van der Waals surface area contributed by atoms with Gasteiger partial charge in [-0.15, -0.1) is 0 Å².